The van der Waals surface area contributed by atoms with Crippen molar-refractivity contribution in [2.45, 2.75) is 50.7 Å². The monoisotopic (exact) mass is 497 g/mol. The third-order valence-corrected chi connectivity index (χ3v) is 7.32. The van der Waals surface area contributed by atoms with Crippen LogP contribution in [0.25, 0.3) is 22.5 Å². The van der Waals surface area contributed by atoms with Crippen molar-refractivity contribution in [2.24, 2.45) is 0 Å². The zero-order valence-corrected chi connectivity index (χ0v) is 22.0. The van der Waals surface area contributed by atoms with Crippen LogP contribution in [0.2, 0.25) is 0 Å². The minimum absolute atomic E-state index is 0.0934. The quantitative estimate of drug-likeness (QED) is 0.164. The van der Waals surface area contributed by atoms with Crippen LogP contribution in [0, 0.1) is 0 Å². The van der Waals surface area contributed by atoms with Crippen molar-refractivity contribution in [3.63, 3.8) is 0 Å². The van der Waals surface area contributed by atoms with E-state index in [4.69, 9.17) is 4.98 Å². The van der Waals surface area contributed by atoms with Gasteiger partial charge in [0.05, 0.1) is 17.3 Å². The maximum Gasteiger partial charge on any atom is 0.227 e. The highest BCUT2D eigenvalue weighted by Crippen LogP contribution is 2.36. The van der Waals surface area contributed by atoms with Crippen LogP contribution in [0.1, 0.15) is 44.6 Å². The molecule has 36 heavy (non-hydrogen) atoms. The van der Waals surface area contributed by atoms with Crippen LogP contribution in [0.15, 0.2) is 96.2 Å². The van der Waals surface area contributed by atoms with Gasteiger partial charge in [0.15, 0.2) is 5.16 Å². The van der Waals surface area contributed by atoms with Gasteiger partial charge in [-0.25, -0.2) is 4.98 Å². The van der Waals surface area contributed by atoms with Gasteiger partial charge in [0.2, 0.25) is 5.91 Å². The number of carbonyl (C=O) groups is 1. The Morgan fingerprint density at radius 2 is 1.50 bits per heavy atom. The minimum atomic E-state index is -0.0934. The summed E-state index contributed by atoms with van der Waals surface area (Å²) in [6.07, 6.45) is 2.72. The van der Waals surface area contributed by atoms with Gasteiger partial charge in [-0.3, -0.25) is 4.79 Å². The van der Waals surface area contributed by atoms with Gasteiger partial charge in [0, 0.05) is 30.0 Å². The number of nitrogens with one attached hydrogen (secondary N) is 1. The predicted octanol–water partition coefficient (Wildman–Crippen LogP) is 7.42. The molecule has 1 atom stereocenters. The van der Waals surface area contributed by atoms with E-state index < -0.39 is 0 Å². The largest absolute Gasteiger partial charge is 0.356 e. The number of aromatic nitrogens is 2. The molecule has 186 valence electrons. The Morgan fingerprint density at radius 1 is 0.889 bits per heavy atom. The van der Waals surface area contributed by atoms with Crippen LogP contribution < -0.4 is 5.32 Å². The maximum absolute atomic E-state index is 12.8. The number of hydrogen-bond donors (Lipinski definition) is 1. The molecule has 4 rings (SSSR count). The van der Waals surface area contributed by atoms with Crippen molar-refractivity contribution in [1.29, 1.82) is 0 Å². The van der Waals surface area contributed by atoms with Crippen LogP contribution in [0.3, 0.4) is 0 Å². The number of nitrogens with zero attached hydrogens (tertiary/aromatic N) is 2. The Kier molecular flexibility index (Phi) is 9.40. The van der Waals surface area contributed by atoms with Gasteiger partial charge >= 0.3 is 0 Å². The molecule has 4 aromatic rings. The summed E-state index contributed by atoms with van der Waals surface area (Å²) in [5.74, 6) is 0.911. The third kappa shape index (κ3) is 6.27. The molecule has 1 N–H and O–H groups in total. The number of carbonyl (C=O) groups excluding carboxylic acids is 1. The van der Waals surface area contributed by atoms with E-state index in [1.165, 1.54) is 11.3 Å². The molecule has 0 spiro atoms. The van der Waals surface area contributed by atoms with Gasteiger partial charge in [0.25, 0.3) is 0 Å². The van der Waals surface area contributed by atoms with Gasteiger partial charge in [-0.2, -0.15) is 0 Å². The topological polar surface area (TPSA) is 46.9 Å². The molecule has 0 aliphatic rings. The number of imidazole rings is 1. The molecule has 0 fully saturated rings. The van der Waals surface area contributed by atoms with Gasteiger partial charge in [-0.1, -0.05) is 117 Å². The highest BCUT2D eigenvalue weighted by Gasteiger charge is 2.20. The molecule has 0 radical (unpaired) electrons. The first kappa shape index (κ1) is 25.8. The Balaban J connectivity index is 1.46. The van der Waals surface area contributed by atoms with Crippen LogP contribution in [0.4, 0.5) is 0 Å². The van der Waals surface area contributed by atoms with Crippen molar-refractivity contribution in [2.75, 3.05) is 12.3 Å². The summed E-state index contributed by atoms with van der Waals surface area (Å²) in [4.78, 5) is 17.9. The SMILES string of the molecule is CCCn1c(SCCCNC(=O)C(CC)c2ccccc2)nc(-c2ccccc2)c1-c1ccccc1. The number of thioether (sulfide) groups is 1. The lowest BCUT2D eigenvalue weighted by Gasteiger charge is -2.15. The second-order valence-electron chi connectivity index (χ2n) is 8.84. The van der Waals surface area contributed by atoms with Crippen molar-refractivity contribution < 1.29 is 4.79 Å². The molecular formula is C31H35N3OS. The van der Waals surface area contributed by atoms with Crippen molar-refractivity contribution in [3.05, 3.63) is 96.6 Å². The van der Waals surface area contributed by atoms with Crippen molar-refractivity contribution in [1.82, 2.24) is 14.9 Å². The third-order valence-electron chi connectivity index (χ3n) is 6.25. The van der Waals surface area contributed by atoms with Crippen molar-refractivity contribution >= 4 is 17.7 Å². The number of rotatable bonds is 12. The fourth-order valence-electron chi connectivity index (χ4n) is 4.49. The standard InChI is InChI=1S/C31H35N3OS/c1-3-22-34-29(26-19-12-7-13-20-26)28(25-17-10-6-11-18-25)33-31(34)36-23-14-21-32-30(35)27(4-2)24-15-8-5-9-16-24/h5-13,15-20,27H,3-4,14,21-23H2,1-2H3,(H,32,35). The van der Waals surface area contributed by atoms with Crippen LogP contribution in [0.5, 0.6) is 0 Å². The number of benzene rings is 3. The van der Waals surface area contributed by atoms with E-state index in [-0.39, 0.29) is 11.8 Å². The summed E-state index contributed by atoms with van der Waals surface area (Å²) in [5, 5.41) is 4.19. The van der Waals surface area contributed by atoms with Crippen molar-refractivity contribution in [3.8, 4) is 22.5 Å². The lowest BCUT2D eigenvalue weighted by molar-refractivity contribution is -0.122. The molecule has 1 aromatic heterocycles. The molecule has 4 nitrogen and oxygen atoms in total. The molecule has 0 bridgehead atoms. The Labute approximate surface area is 219 Å². The van der Waals surface area contributed by atoms with E-state index in [1.807, 2.05) is 36.4 Å². The smallest absolute Gasteiger partial charge is 0.227 e. The van der Waals surface area contributed by atoms with Crippen LogP contribution in [-0.4, -0.2) is 27.8 Å². The highest BCUT2D eigenvalue weighted by molar-refractivity contribution is 7.99. The Hall–Kier alpha value is -3.31. The van der Waals surface area contributed by atoms with Gasteiger partial charge < -0.3 is 9.88 Å². The molecule has 5 heteroatoms. The first-order valence-corrected chi connectivity index (χ1v) is 13.9. The van der Waals surface area contributed by atoms with E-state index >= 15 is 0 Å². The fourth-order valence-corrected chi connectivity index (χ4v) is 5.45. The first-order valence-electron chi connectivity index (χ1n) is 12.9. The molecule has 0 saturated heterocycles. The Bertz CT molecular complexity index is 1220. The molecule has 3 aromatic carbocycles. The minimum Gasteiger partial charge on any atom is -0.356 e. The van der Waals surface area contributed by atoms with E-state index in [0.29, 0.717) is 6.54 Å². The molecule has 0 aliphatic carbocycles. The molecule has 1 amide bonds. The van der Waals surface area contributed by atoms with E-state index in [1.54, 1.807) is 11.8 Å². The molecular weight excluding hydrogens is 462 g/mol. The van der Waals surface area contributed by atoms with E-state index in [9.17, 15) is 4.79 Å². The van der Waals surface area contributed by atoms with Gasteiger partial charge in [0.1, 0.15) is 0 Å². The van der Waals surface area contributed by atoms with Crippen LogP contribution >= 0.6 is 11.8 Å². The van der Waals surface area contributed by atoms with E-state index in [2.05, 4.69) is 78.3 Å². The lowest BCUT2D eigenvalue weighted by Crippen LogP contribution is -2.30. The predicted molar refractivity (Wildman–Crippen MR) is 151 cm³/mol. The van der Waals surface area contributed by atoms with E-state index in [0.717, 1.165) is 53.5 Å². The highest BCUT2D eigenvalue weighted by atomic mass is 32.2. The zero-order valence-electron chi connectivity index (χ0n) is 21.2. The first-order chi connectivity index (χ1) is 17.7. The second kappa shape index (κ2) is 13.1. The Morgan fingerprint density at radius 3 is 2.11 bits per heavy atom. The number of amides is 1. The second-order valence-corrected chi connectivity index (χ2v) is 9.90. The zero-order chi connectivity index (χ0) is 25.2. The average Bonchev–Trinajstić information content (AvgIpc) is 3.29. The van der Waals surface area contributed by atoms with Crippen LogP contribution in [-0.2, 0) is 11.3 Å². The number of hydrogen-bond acceptors (Lipinski definition) is 3. The lowest BCUT2D eigenvalue weighted by atomic mass is 9.96. The fraction of sp³-hybridized carbons (Fsp3) is 0.290. The summed E-state index contributed by atoms with van der Waals surface area (Å²) in [7, 11) is 0. The molecule has 0 saturated carbocycles. The molecule has 0 aliphatic heterocycles. The maximum atomic E-state index is 12.8. The molecule has 1 unspecified atom stereocenters. The molecule has 1 heterocycles. The van der Waals surface area contributed by atoms with Gasteiger partial charge in [-0.15, -0.1) is 0 Å². The summed E-state index contributed by atoms with van der Waals surface area (Å²) in [6.45, 7) is 5.85. The van der Waals surface area contributed by atoms with Gasteiger partial charge in [-0.05, 0) is 24.8 Å². The summed E-state index contributed by atoms with van der Waals surface area (Å²) < 4.78 is 2.36. The average molecular weight is 498 g/mol. The summed E-state index contributed by atoms with van der Waals surface area (Å²) >= 11 is 1.77. The summed E-state index contributed by atoms with van der Waals surface area (Å²) in [6, 6.07) is 31.0. The normalized spacial score (nSPS) is 11.8. The summed E-state index contributed by atoms with van der Waals surface area (Å²) in [5.41, 5.74) is 5.60.